The van der Waals surface area contributed by atoms with Crippen LogP contribution < -0.4 is 5.32 Å². The molecule has 0 aromatic carbocycles. The van der Waals surface area contributed by atoms with Crippen molar-refractivity contribution >= 4 is 0 Å². The van der Waals surface area contributed by atoms with Crippen LogP contribution in [0, 0.1) is 0 Å². The van der Waals surface area contributed by atoms with Gasteiger partial charge < -0.3 is 0 Å². The summed E-state index contributed by atoms with van der Waals surface area (Å²) < 4.78 is 0. The fourth-order valence-electron chi connectivity index (χ4n) is 1.80. The summed E-state index contributed by atoms with van der Waals surface area (Å²) in [5.74, 6) is 0. The van der Waals surface area contributed by atoms with Crippen LogP contribution >= 0.6 is 0 Å². The molecule has 2 nitrogen and oxygen atoms in total. The third-order valence-electron chi connectivity index (χ3n) is 2.47. The maximum atomic E-state index is 3.44. The molecule has 2 heteroatoms. The fourth-order valence-corrected chi connectivity index (χ4v) is 1.80. The molecule has 0 aromatic heterocycles. The third kappa shape index (κ3) is 0.879. The highest BCUT2D eigenvalue weighted by molar-refractivity contribution is 5.06. The molecule has 2 atom stereocenters. The summed E-state index contributed by atoms with van der Waals surface area (Å²) in [5.41, 5.74) is 0. The van der Waals surface area contributed by atoms with Crippen LogP contribution in [0.1, 0.15) is 13.3 Å². The average molecular weight is 138 g/mol. The molecule has 0 spiro atoms. The van der Waals surface area contributed by atoms with E-state index in [0.29, 0.717) is 12.1 Å². The molecular weight excluding hydrogens is 124 g/mol. The smallest absolute Gasteiger partial charge is 0.0489 e. The van der Waals surface area contributed by atoms with Gasteiger partial charge in [0.25, 0.3) is 0 Å². The Balaban J connectivity index is 2.13. The first kappa shape index (κ1) is 6.38. The van der Waals surface area contributed by atoms with Gasteiger partial charge in [-0.2, -0.15) is 0 Å². The molecule has 0 aromatic rings. The quantitative estimate of drug-likeness (QED) is 0.492. The molecule has 2 rings (SSSR count). The van der Waals surface area contributed by atoms with Crippen molar-refractivity contribution < 1.29 is 0 Å². The standard InChI is InChI=1S/C8H14N2/c1-7-8-4-2-3-5-10(8)6-9-7/h2,4,7-9H,3,5-6H2,1H3. The summed E-state index contributed by atoms with van der Waals surface area (Å²) in [6, 6.07) is 1.32. The number of nitrogens with zero attached hydrogens (tertiary/aromatic N) is 1. The zero-order valence-electron chi connectivity index (χ0n) is 6.38. The lowest BCUT2D eigenvalue weighted by Gasteiger charge is -2.25. The van der Waals surface area contributed by atoms with E-state index in [0.717, 1.165) is 6.67 Å². The van der Waals surface area contributed by atoms with E-state index in [9.17, 15) is 0 Å². The Hall–Kier alpha value is -0.340. The minimum atomic E-state index is 0.650. The van der Waals surface area contributed by atoms with E-state index in [1.165, 1.54) is 13.0 Å². The van der Waals surface area contributed by atoms with Crippen LogP contribution in [0.3, 0.4) is 0 Å². The lowest BCUT2D eigenvalue weighted by molar-refractivity contribution is 0.277. The molecule has 1 saturated heterocycles. The summed E-state index contributed by atoms with van der Waals surface area (Å²) in [4.78, 5) is 2.49. The minimum absolute atomic E-state index is 0.650. The molecule has 0 bridgehead atoms. The first-order chi connectivity index (χ1) is 4.88. The Morgan fingerprint density at radius 2 is 2.50 bits per heavy atom. The molecule has 2 aliphatic rings. The lowest BCUT2D eigenvalue weighted by Crippen LogP contribution is -2.35. The Bertz CT molecular complexity index is 153. The van der Waals surface area contributed by atoms with Crippen LogP contribution in [0.5, 0.6) is 0 Å². The molecule has 1 N–H and O–H groups in total. The van der Waals surface area contributed by atoms with Gasteiger partial charge in [0.2, 0.25) is 0 Å². The SMILES string of the molecule is CC1NCN2CCC=CC12. The van der Waals surface area contributed by atoms with Gasteiger partial charge in [-0.3, -0.25) is 10.2 Å². The van der Waals surface area contributed by atoms with Gasteiger partial charge in [-0.05, 0) is 13.3 Å². The largest absolute Gasteiger partial charge is 0.300 e. The monoisotopic (exact) mass is 138 g/mol. The van der Waals surface area contributed by atoms with Crippen molar-refractivity contribution in [2.45, 2.75) is 25.4 Å². The molecule has 2 unspecified atom stereocenters. The van der Waals surface area contributed by atoms with Gasteiger partial charge in [0.1, 0.15) is 0 Å². The highest BCUT2D eigenvalue weighted by Gasteiger charge is 2.29. The van der Waals surface area contributed by atoms with E-state index < -0.39 is 0 Å². The van der Waals surface area contributed by atoms with E-state index in [4.69, 9.17) is 0 Å². The van der Waals surface area contributed by atoms with Gasteiger partial charge in [0.05, 0.1) is 0 Å². The second kappa shape index (κ2) is 2.36. The fraction of sp³-hybridized carbons (Fsp3) is 0.750. The molecule has 10 heavy (non-hydrogen) atoms. The number of hydrogen-bond donors (Lipinski definition) is 1. The normalized spacial score (nSPS) is 40.1. The summed E-state index contributed by atoms with van der Waals surface area (Å²) in [6.07, 6.45) is 5.85. The highest BCUT2D eigenvalue weighted by Crippen LogP contribution is 2.16. The zero-order chi connectivity index (χ0) is 6.97. The molecule has 0 aliphatic carbocycles. The van der Waals surface area contributed by atoms with Crippen LogP contribution in [0.15, 0.2) is 12.2 Å². The van der Waals surface area contributed by atoms with Gasteiger partial charge in [0, 0.05) is 25.3 Å². The summed E-state index contributed by atoms with van der Waals surface area (Å²) in [6.45, 7) is 4.56. The van der Waals surface area contributed by atoms with E-state index >= 15 is 0 Å². The minimum Gasteiger partial charge on any atom is -0.300 e. The molecule has 1 fully saturated rings. The van der Waals surface area contributed by atoms with Crippen molar-refractivity contribution in [3.8, 4) is 0 Å². The Morgan fingerprint density at radius 3 is 3.30 bits per heavy atom. The maximum absolute atomic E-state index is 3.44. The second-order valence-electron chi connectivity index (χ2n) is 3.17. The van der Waals surface area contributed by atoms with Gasteiger partial charge in [-0.25, -0.2) is 0 Å². The first-order valence-electron chi connectivity index (χ1n) is 4.02. The van der Waals surface area contributed by atoms with Crippen LogP contribution in [0.2, 0.25) is 0 Å². The van der Waals surface area contributed by atoms with Crippen LogP contribution in [-0.2, 0) is 0 Å². The summed E-state index contributed by atoms with van der Waals surface area (Å²) >= 11 is 0. The molecule has 0 saturated carbocycles. The Kier molecular flexibility index (Phi) is 1.51. The Labute approximate surface area is 61.9 Å². The van der Waals surface area contributed by atoms with Crippen molar-refractivity contribution in [2.75, 3.05) is 13.2 Å². The van der Waals surface area contributed by atoms with Gasteiger partial charge >= 0.3 is 0 Å². The predicted molar refractivity (Wildman–Crippen MR) is 41.7 cm³/mol. The Morgan fingerprint density at radius 1 is 1.60 bits per heavy atom. The molecule has 56 valence electrons. The number of nitrogens with one attached hydrogen (secondary N) is 1. The van der Waals surface area contributed by atoms with Gasteiger partial charge in [0.15, 0.2) is 0 Å². The van der Waals surface area contributed by atoms with E-state index in [1.807, 2.05) is 0 Å². The number of hydrogen-bond acceptors (Lipinski definition) is 2. The molecule has 0 radical (unpaired) electrons. The van der Waals surface area contributed by atoms with Crippen molar-refractivity contribution in [1.29, 1.82) is 0 Å². The zero-order valence-corrected chi connectivity index (χ0v) is 6.38. The third-order valence-corrected chi connectivity index (χ3v) is 2.47. The van der Waals surface area contributed by atoms with Crippen molar-refractivity contribution in [2.24, 2.45) is 0 Å². The molecule has 2 aliphatic heterocycles. The van der Waals surface area contributed by atoms with Crippen LogP contribution in [-0.4, -0.2) is 30.2 Å². The molecule has 2 heterocycles. The molecular formula is C8H14N2. The number of fused-ring (bicyclic) bond motifs is 1. The van der Waals surface area contributed by atoms with Crippen molar-refractivity contribution in [3.05, 3.63) is 12.2 Å². The topological polar surface area (TPSA) is 15.3 Å². The maximum Gasteiger partial charge on any atom is 0.0489 e. The van der Waals surface area contributed by atoms with Crippen LogP contribution in [0.25, 0.3) is 0 Å². The van der Waals surface area contributed by atoms with E-state index in [2.05, 4.69) is 29.3 Å². The highest BCUT2D eigenvalue weighted by atomic mass is 15.3. The predicted octanol–water partition coefficient (Wildman–Crippen LogP) is 0.566. The van der Waals surface area contributed by atoms with Gasteiger partial charge in [-0.1, -0.05) is 12.2 Å². The first-order valence-corrected chi connectivity index (χ1v) is 4.02. The average Bonchev–Trinajstić information content (AvgIpc) is 2.34. The number of rotatable bonds is 0. The van der Waals surface area contributed by atoms with E-state index in [1.54, 1.807) is 0 Å². The summed E-state index contributed by atoms with van der Waals surface area (Å²) in [5, 5.41) is 3.44. The van der Waals surface area contributed by atoms with E-state index in [-0.39, 0.29) is 0 Å². The van der Waals surface area contributed by atoms with Crippen molar-refractivity contribution in [1.82, 2.24) is 10.2 Å². The van der Waals surface area contributed by atoms with Gasteiger partial charge in [-0.15, -0.1) is 0 Å². The molecule has 0 amide bonds. The second-order valence-corrected chi connectivity index (χ2v) is 3.17. The van der Waals surface area contributed by atoms with Crippen molar-refractivity contribution in [3.63, 3.8) is 0 Å². The summed E-state index contributed by atoms with van der Waals surface area (Å²) in [7, 11) is 0. The van der Waals surface area contributed by atoms with Crippen LogP contribution in [0.4, 0.5) is 0 Å². The lowest BCUT2D eigenvalue weighted by atomic mass is 10.1.